The van der Waals surface area contributed by atoms with Gasteiger partial charge in [-0.25, -0.2) is 0 Å². The second kappa shape index (κ2) is 11.0. The van der Waals surface area contributed by atoms with Crippen molar-refractivity contribution in [1.29, 1.82) is 0 Å². The van der Waals surface area contributed by atoms with E-state index in [9.17, 15) is 4.79 Å². The molecule has 0 aromatic heterocycles. The Bertz CT molecular complexity index is 205. The van der Waals surface area contributed by atoms with Crippen LogP contribution in [0.1, 0.15) is 51.9 Å². The summed E-state index contributed by atoms with van der Waals surface area (Å²) >= 11 is 0. The lowest BCUT2D eigenvalue weighted by molar-refractivity contribution is -0.137. The average Bonchev–Trinajstić information content (AvgIpc) is 2.20. The molecule has 0 aliphatic carbocycles. The Hall–Kier alpha value is -1.05. The zero-order chi connectivity index (χ0) is 11.4. The van der Waals surface area contributed by atoms with Crippen LogP contribution in [0.15, 0.2) is 24.3 Å². The molecule has 0 saturated carbocycles. The summed E-state index contributed by atoms with van der Waals surface area (Å²) in [5.74, 6) is -0.679. The Balaban J connectivity index is 3.11. The molecule has 2 heteroatoms. The molecule has 0 heterocycles. The minimum Gasteiger partial charge on any atom is -0.481 e. The molecule has 0 aromatic carbocycles. The number of hydrogen-bond acceptors (Lipinski definition) is 1. The molecular weight excluding hydrogens is 188 g/mol. The molecule has 0 rings (SSSR count). The second-order valence-electron chi connectivity index (χ2n) is 3.62. The van der Waals surface area contributed by atoms with E-state index in [-0.39, 0.29) is 0 Å². The highest BCUT2D eigenvalue weighted by atomic mass is 16.4. The van der Waals surface area contributed by atoms with E-state index < -0.39 is 5.97 Å². The SMILES string of the molecule is CC=CCC=CCCCCCCC(=O)O. The van der Waals surface area contributed by atoms with Gasteiger partial charge in [0.1, 0.15) is 0 Å². The van der Waals surface area contributed by atoms with E-state index in [1.807, 2.05) is 6.92 Å². The predicted molar refractivity (Wildman–Crippen MR) is 63.9 cm³/mol. The van der Waals surface area contributed by atoms with Crippen molar-refractivity contribution in [3.63, 3.8) is 0 Å². The van der Waals surface area contributed by atoms with E-state index in [1.165, 1.54) is 6.42 Å². The van der Waals surface area contributed by atoms with Gasteiger partial charge >= 0.3 is 5.97 Å². The number of unbranched alkanes of at least 4 members (excludes halogenated alkanes) is 4. The highest BCUT2D eigenvalue weighted by Crippen LogP contribution is 2.06. The van der Waals surface area contributed by atoms with Crippen LogP contribution >= 0.6 is 0 Å². The van der Waals surface area contributed by atoms with Gasteiger partial charge in [-0.2, -0.15) is 0 Å². The molecular formula is C13H22O2. The van der Waals surface area contributed by atoms with Crippen molar-refractivity contribution >= 4 is 5.97 Å². The van der Waals surface area contributed by atoms with Gasteiger partial charge in [0.05, 0.1) is 0 Å². The molecule has 86 valence electrons. The van der Waals surface area contributed by atoms with Gasteiger partial charge < -0.3 is 5.11 Å². The Morgan fingerprint density at radius 1 is 1.07 bits per heavy atom. The van der Waals surface area contributed by atoms with E-state index in [0.29, 0.717) is 6.42 Å². The number of rotatable bonds is 9. The van der Waals surface area contributed by atoms with Gasteiger partial charge in [0.15, 0.2) is 0 Å². The lowest BCUT2D eigenvalue weighted by atomic mass is 10.1. The van der Waals surface area contributed by atoms with Gasteiger partial charge in [0.2, 0.25) is 0 Å². The number of carboxylic acid groups (broad SMARTS) is 1. The van der Waals surface area contributed by atoms with Crippen LogP contribution < -0.4 is 0 Å². The normalized spacial score (nSPS) is 11.5. The third-order valence-electron chi connectivity index (χ3n) is 2.19. The number of aliphatic carboxylic acids is 1. The zero-order valence-corrected chi connectivity index (χ0v) is 9.61. The lowest BCUT2D eigenvalue weighted by Crippen LogP contribution is -1.93. The fourth-order valence-electron chi connectivity index (χ4n) is 1.32. The highest BCUT2D eigenvalue weighted by molar-refractivity contribution is 5.66. The van der Waals surface area contributed by atoms with Crippen molar-refractivity contribution in [2.75, 3.05) is 0 Å². The largest absolute Gasteiger partial charge is 0.481 e. The minimum atomic E-state index is -0.679. The maximum absolute atomic E-state index is 10.2. The molecule has 0 amide bonds. The Morgan fingerprint density at radius 2 is 1.80 bits per heavy atom. The van der Waals surface area contributed by atoms with Gasteiger partial charge in [0.25, 0.3) is 0 Å². The number of hydrogen-bond donors (Lipinski definition) is 1. The first-order valence-electron chi connectivity index (χ1n) is 5.75. The standard InChI is InChI=1S/C13H22O2/c1-2-3-4-5-6-7-8-9-10-11-12-13(14)15/h2-3,5-6H,4,7-12H2,1H3,(H,14,15). The third kappa shape index (κ3) is 12.9. The highest BCUT2D eigenvalue weighted by Gasteiger charge is 1.95. The molecule has 0 fully saturated rings. The quantitative estimate of drug-likeness (QED) is 0.462. The summed E-state index contributed by atoms with van der Waals surface area (Å²) in [4.78, 5) is 10.2. The summed E-state index contributed by atoms with van der Waals surface area (Å²) in [5.41, 5.74) is 0. The first kappa shape index (κ1) is 13.9. The minimum absolute atomic E-state index is 0.317. The topological polar surface area (TPSA) is 37.3 Å². The monoisotopic (exact) mass is 210 g/mol. The van der Waals surface area contributed by atoms with Crippen molar-refractivity contribution in [3.05, 3.63) is 24.3 Å². The Labute approximate surface area is 92.7 Å². The number of carbonyl (C=O) groups is 1. The lowest BCUT2D eigenvalue weighted by Gasteiger charge is -1.96. The van der Waals surface area contributed by atoms with Crippen LogP contribution in [0.25, 0.3) is 0 Å². The van der Waals surface area contributed by atoms with Crippen LogP contribution in [0.4, 0.5) is 0 Å². The maximum Gasteiger partial charge on any atom is 0.303 e. The molecule has 1 N–H and O–H groups in total. The zero-order valence-electron chi connectivity index (χ0n) is 9.61. The fourth-order valence-corrected chi connectivity index (χ4v) is 1.32. The van der Waals surface area contributed by atoms with E-state index in [1.54, 1.807) is 0 Å². The van der Waals surface area contributed by atoms with Crippen molar-refractivity contribution in [1.82, 2.24) is 0 Å². The Morgan fingerprint density at radius 3 is 2.47 bits per heavy atom. The third-order valence-corrected chi connectivity index (χ3v) is 2.19. The van der Waals surface area contributed by atoms with Gasteiger partial charge in [-0.05, 0) is 32.6 Å². The van der Waals surface area contributed by atoms with Crippen LogP contribution in [0.5, 0.6) is 0 Å². The molecule has 0 aliphatic rings. The molecule has 0 aliphatic heterocycles. The van der Waals surface area contributed by atoms with Crippen molar-refractivity contribution < 1.29 is 9.90 Å². The first-order valence-corrected chi connectivity index (χ1v) is 5.75. The van der Waals surface area contributed by atoms with Crippen LogP contribution in [-0.2, 0) is 4.79 Å². The van der Waals surface area contributed by atoms with Gasteiger partial charge in [-0.3, -0.25) is 4.79 Å². The van der Waals surface area contributed by atoms with Gasteiger partial charge in [0, 0.05) is 6.42 Å². The summed E-state index contributed by atoms with van der Waals surface area (Å²) in [5, 5.41) is 8.42. The molecule has 0 spiro atoms. The van der Waals surface area contributed by atoms with E-state index >= 15 is 0 Å². The van der Waals surface area contributed by atoms with E-state index in [4.69, 9.17) is 5.11 Å². The molecule has 15 heavy (non-hydrogen) atoms. The van der Waals surface area contributed by atoms with E-state index in [2.05, 4.69) is 24.3 Å². The van der Waals surface area contributed by atoms with Crippen LogP contribution in [0.3, 0.4) is 0 Å². The molecule has 0 radical (unpaired) electrons. The van der Waals surface area contributed by atoms with Crippen molar-refractivity contribution in [2.45, 2.75) is 51.9 Å². The molecule has 0 unspecified atom stereocenters. The van der Waals surface area contributed by atoms with Gasteiger partial charge in [-0.15, -0.1) is 0 Å². The first-order chi connectivity index (χ1) is 7.27. The maximum atomic E-state index is 10.2. The summed E-state index contributed by atoms with van der Waals surface area (Å²) in [7, 11) is 0. The predicted octanol–water partition coefficient (Wildman–Crippen LogP) is 3.93. The van der Waals surface area contributed by atoms with E-state index in [0.717, 1.165) is 32.1 Å². The Kier molecular flexibility index (Phi) is 10.3. The van der Waals surface area contributed by atoms with Crippen molar-refractivity contribution in [2.24, 2.45) is 0 Å². The molecule has 0 atom stereocenters. The number of carboxylic acids is 1. The van der Waals surface area contributed by atoms with Crippen LogP contribution in [0.2, 0.25) is 0 Å². The molecule has 0 aromatic rings. The summed E-state index contributed by atoms with van der Waals surface area (Å²) in [6.45, 7) is 2.02. The summed E-state index contributed by atoms with van der Waals surface area (Å²) < 4.78 is 0. The average molecular weight is 210 g/mol. The van der Waals surface area contributed by atoms with Crippen LogP contribution in [0, 0.1) is 0 Å². The molecule has 0 saturated heterocycles. The summed E-state index contributed by atoms with van der Waals surface area (Å²) in [6.07, 6.45) is 15.2. The smallest absolute Gasteiger partial charge is 0.303 e. The second-order valence-corrected chi connectivity index (χ2v) is 3.62. The fraction of sp³-hybridized carbons (Fsp3) is 0.615. The van der Waals surface area contributed by atoms with Crippen LogP contribution in [-0.4, -0.2) is 11.1 Å². The molecule has 0 bridgehead atoms. The van der Waals surface area contributed by atoms with Crippen molar-refractivity contribution in [3.8, 4) is 0 Å². The van der Waals surface area contributed by atoms with Gasteiger partial charge in [-0.1, -0.05) is 37.1 Å². The molecule has 2 nitrogen and oxygen atoms in total. The summed E-state index contributed by atoms with van der Waals surface area (Å²) in [6, 6.07) is 0. The number of allylic oxidation sites excluding steroid dienone is 4.